The maximum Gasteiger partial charge on any atom is 0.265 e. The summed E-state index contributed by atoms with van der Waals surface area (Å²) in [4.78, 5) is 14.2. The molecule has 2 aromatic carbocycles. The van der Waals surface area contributed by atoms with Crippen LogP contribution in [0, 0.1) is 6.92 Å². The second-order valence-electron chi connectivity index (χ2n) is 7.84. The fourth-order valence-corrected chi connectivity index (χ4v) is 6.81. The second kappa shape index (κ2) is 7.66. The largest absolute Gasteiger partial charge is 0.357 e. The molecule has 7 heteroatoms. The van der Waals surface area contributed by atoms with E-state index in [0.29, 0.717) is 23.4 Å². The molecule has 0 spiro atoms. The normalized spacial score (nSPS) is 18.8. The van der Waals surface area contributed by atoms with Crippen molar-refractivity contribution in [3.8, 4) is 0 Å². The van der Waals surface area contributed by atoms with Crippen molar-refractivity contribution in [1.29, 1.82) is 0 Å². The van der Waals surface area contributed by atoms with Crippen LogP contribution in [-0.2, 0) is 14.8 Å². The number of hydrogen-bond donors (Lipinski definition) is 1. The molecule has 1 atom stereocenters. The molecule has 0 radical (unpaired) electrons. The van der Waals surface area contributed by atoms with Gasteiger partial charge in [-0.05, 0) is 55.5 Å². The van der Waals surface area contributed by atoms with Crippen LogP contribution in [-0.4, -0.2) is 14.2 Å². The Hall–Kier alpha value is -2.90. The number of allylic oxidation sites excluding steroid dienone is 1. The lowest BCUT2D eigenvalue weighted by molar-refractivity contribution is -0.116. The summed E-state index contributed by atoms with van der Waals surface area (Å²) in [5.74, 6) is 0.00376. The van der Waals surface area contributed by atoms with E-state index in [1.807, 2.05) is 42.6 Å². The average Bonchev–Trinajstić information content (AvgIpc) is 3.23. The molecule has 1 aliphatic carbocycles. The number of nitrogens with one attached hydrogen (secondary N) is 1. The van der Waals surface area contributed by atoms with Gasteiger partial charge in [-0.1, -0.05) is 35.9 Å². The standard InChI is InChI=1S/C24H22N2O3S2/c1-16-11-13-17(14-12-16)31(28,29)26-20-8-3-2-6-18(20)25-19-7-4-9-21(27)23(19)24(26)22-10-5-15-30-22/h2-3,5-6,8,10-15,24-25H,4,7,9H2,1H3/t24-/m0/s1. The Morgan fingerprint density at radius 2 is 1.77 bits per heavy atom. The first kappa shape index (κ1) is 20.0. The van der Waals surface area contributed by atoms with Gasteiger partial charge in [0, 0.05) is 22.6 Å². The van der Waals surface area contributed by atoms with E-state index in [0.717, 1.165) is 29.0 Å². The maximum absolute atomic E-state index is 14.1. The van der Waals surface area contributed by atoms with Crippen LogP contribution in [0.2, 0.25) is 0 Å². The number of fused-ring (bicyclic) bond motifs is 1. The van der Waals surface area contributed by atoms with Crippen molar-refractivity contribution in [3.05, 3.63) is 87.8 Å². The number of nitrogens with zero attached hydrogens (tertiary/aromatic N) is 1. The van der Waals surface area contributed by atoms with E-state index in [2.05, 4.69) is 5.32 Å². The predicted octanol–water partition coefficient (Wildman–Crippen LogP) is 5.43. The molecular formula is C24H22N2O3S2. The van der Waals surface area contributed by atoms with Crippen LogP contribution in [0.1, 0.15) is 35.7 Å². The van der Waals surface area contributed by atoms with Crippen LogP contribution in [0.25, 0.3) is 0 Å². The van der Waals surface area contributed by atoms with Gasteiger partial charge in [0.05, 0.1) is 16.3 Å². The first-order chi connectivity index (χ1) is 15.0. The van der Waals surface area contributed by atoms with E-state index < -0.39 is 16.1 Å². The highest BCUT2D eigenvalue weighted by atomic mass is 32.2. The molecular weight excluding hydrogens is 428 g/mol. The maximum atomic E-state index is 14.1. The van der Waals surface area contributed by atoms with Gasteiger partial charge >= 0.3 is 0 Å². The number of rotatable bonds is 3. The summed E-state index contributed by atoms with van der Waals surface area (Å²) >= 11 is 1.47. The molecule has 0 amide bonds. The van der Waals surface area contributed by atoms with E-state index >= 15 is 0 Å². The van der Waals surface area contributed by atoms with E-state index in [4.69, 9.17) is 0 Å². The molecule has 0 unspecified atom stereocenters. The molecule has 0 saturated carbocycles. The van der Waals surface area contributed by atoms with Crippen LogP contribution < -0.4 is 9.62 Å². The minimum Gasteiger partial charge on any atom is -0.357 e. The summed E-state index contributed by atoms with van der Waals surface area (Å²) < 4.78 is 29.6. The Kier molecular flexibility index (Phi) is 4.95. The zero-order valence-corrected chi connectivity index (χ0v) is 18.7. The second-order valence-corrected chi connectivity index (χ2v) is 10.6. The van der Waals surface area contributed by atoms with Gasteiger partial charge in [0.2, 0.25) is 0 Å². The molecule has 158 valence electrons. The number of aryl methyl sites for hydroxylation is 1. The fraction of sp³-hybridized carbons (Fsp3) is 0.208. The quantitative estimate of drug-likeness (QED) is 0.578. The van der Waals surface area contributed by atoms with Crippen LogP contribution in [0.5, 0.6) is 0 Å². The fourth-order valence-electron chi connectivity index (χ4n) is 4.30. The summed E-state index contributed by atoms with van der Waals surface area (Å²) in [6, 6.07) is 17.3. The molecule has 1 aromatic heterocycles. The molecule has 0 fully saturated rings. The van der Waals surface area contributed by atoms with Crippen LogP contribution in [0.3, 0.4) is 0 Å². The van der Waals surface area contributed by atoms with E-state index in [-0.39, 0.29) is 10.7 Å². The Morgan fingerprint density at radius 3 is 2.52 bits per heavy atom. The third-order valence-corrected chi connectivity index (χ3v) is 8.50. The monoisotopic (exact) mass is 450 g/mol. The molecule has 2 aliphatic rings. The predicted molar refractivity (Wildman–Crippen MR) is 124 cm³/mol. The molecule has 0 saturated heterocycles. The van der Waals surface area contributed by atoms with Gasteiger partial charge in [-0.15, -0.1) is 11.3 Å². The van der Waals surface area contributed by atoms with Crippen LogP contribution in [0.15, 0.2) is 82.2 Å². The van der Waals surface area contributed by atoms with Crippen molar-refractivity contribution in [3.63, 3.8) is 0 Å². The smallest absolute Gasteiger partial charge is 0.265 e. The van der Waals surface area contributed by atoms with Crippen LogP contribution >= 0.6 is 11.3 Å². The molecule has 3 aromatic rings. The van der Waals surface area contributed by atoms with Gasteiger partial charge in [-0.3, -0.25) is 9.10 Å². The first-order valence-electron chi connectivity index (χ1n) is 10.2. The summed E-state index contributed by atoms with van der Waals surface area (Å²) in [6.45, 7) is 1.92. The number of hydrogen-bond acceptors (Lipinski definition) is 5. The number of ketones is 1. The van der Waals surface area contributed by atoms with Crippen molar-refractivity contribution in [1.82, 2.24) is 0 Å². The topological polar surface area (TPSA) is 66.5 Å². The Morgan fingerprint density at radius 1 is 1.00 bits per heavy atom. The van der Waals surface area contributed by atoms with Gasteiger partial charge in [0.15, 0.2) is 5.78 Å². The number of Topliss-reactive ketones (excluding diaryl/α,β-unsaturated/α-hetero) is 1. The van der Waals surface area contributed by atoms with Crippen molar-refractivity contribution < 1.29 is 13.2 Å². The third kappa shape index (κ3) is 3.38. The summed E-state index contributed by atoms with van der Waals surface area (Å²) in [6.07, 6.45) is 1.90. The summed E-state index contributed by atoms with van der Waals surface area (Å²) in [5, 5.41) is 5.32. The zero-order valence-electron chi connectivity index (χ0n) is 17.0. The lowest BCUT2D eigenvalue weighted by Crippen LogP contribution is -2.37. The molecule has 5 nitrogen and oxygen atoms in total. The highest BCUT2D eigenvalue weighted by Crippen LogP contribution is 2.48. The van der Waals surface area contributed by atoms with Gasteiger partial charge in [-0.2, -0.15) is 0 Å². The molecule has 5 rings (SSSR count). The van der Waals surface area contributed by atoms with Crippen molar-refractivity contribution in [2.45, 2.75) is 37.1 Å². The minimum absolute atomic E-state index is 0.00376. The van der Waals surface area contributed by atoms with Crippen molar-refractivity contribution >= 4 is 38.5 Å². The van der Waals surface area contributed by atoms with E-state index in [9.17, 15) is 13.2 Å². The molecule has 0 bridgehead atoms. The highest BCUT2D eigenvalue weighted by molar-refractivity contribution is 7.92. The Bertz CT molecular complexity index is 1280. The molecule has 1 aliphatic heterocycles. The summed E-state index contributed by atoms with van der Waals surface area (Å²) in [5.41, 5.74) is 3.60. The zero-order chi connectivity index (χ0) is 21.6. The third-order valence-electron chi connectivity index (χ3n) is 5.78. The van der Waals surface area contributed by atoms with Gasteiger partial charge in [0.1, 0.15) is 6.04 Å². The lowest BCUT2D eigenvalue weighted by atomic mass is 9.89. The number of sulfonamides is 1. The molecule has 1 N–H and O–H groups in total. The lowest BCUT2D eigenvalue weighted by Gasteiger charge is -2.33. The SMILES string of the molecule is Cc1ccc(S(=O)(=O)N2c3ccccc3NC3=C(C(=O)CCC3)[C@@H]2c2cccs2)cc1. The van der Waals surface area contributed by atoms with E-state index in [1.54, 1.807) is 30.3 Å². The number of anilines is 2. The minimum atomic E-state index is -3.95. The first-order valence-corrected chi connectivity index (χ1v) is 12.6. The highest BCUT2D eigenvalue weighted by Gasteiger charge is 2.42. The molecule has 31 heavy (non-hydrogen) atoms. The van der Waals surface area contributed by atoms with Crippen LogP contribution in [0.4, 0.5) is 11.4 Å². The summed E-state index contributed by atoms with van der Waals surface area (Å²) in [7, 11) is -3.95. The van der Waals surface area contributed by atoms with Crippen molar-refractivity contribution in [2.75, 3.05) is 9.62 Å². The van der Waals surface area contributed by atoms with E-state index in [1.165, 1.54) is 15.6 Å². The number of thiophene rings is 1. The Balaban J connectivity index is 1.82. The average molecular weight is 451 g/mol. The molecule has 2 heterocycles. The van der Waals surface area contributed by atoms with Gasteiger partial charge in [0.25, 0.3) is 10.0 Å². The number of carbonyl (C=O) groups excluding carboxylic acids is 1. The van der Waals surface area contributed by atoms with Gasteiger partial charge < -0.3 is 5.32 Å². The van der Waals surface area contributed by atoms with Gasteiger partial charge in [-0.25, -0.2) is 8.42 Å². The number of para-hydroxylation sites is 2. The Labute approximate surface area is 186 Å². The van der Waals surface area contributed by atoms with Crippen molar-refractivity contribution in [2.24, 2.45) is 0 Å². The number of carbonyl (C=O) groups is 1. The number of benzene rings is 2.